The Morgan fingerprint density at radius 3 is 2.35 bits per heavy atom. The lowest BCUT2D eigenvalue weighted by atomic mass is 9.38. The first-order valence-corrected chi connectivity index (χ1v) is 13.1. The Morgan fingerprint density at radius 2 is 1.71 bits per heavy atom. The van der Waals surface area contributed by atoms with Crippen LogP contribution in [0.3, 0.4) is 0 Å². The van der Waals surface area contributed by atoms with Gasteiger partial charge < -0.3 is 15.0 Å². The summed E-state index contributed by atoms with van der Waals surface area (Å²) in [5.41, 5.74) is -3.08. The van der Waals surface area contributed by atoms with E-state index in [9.17, 15) is 24.6 Å². The van der Waals surface area contributed by atoms with Crippen LogP contribution in [-0.4, -0.2) is 33.9 Å². The largest absolute Gasteiger partial charge is 0.480 e. The summed E-state index contributed by atoms with van der Waals surface area (Å²) >= 11 is 0. The van der Waals surface area contributed by atoms with Gasteiger partial charge >= 0.3 is 5.97 Å². The van der Waals surface area contributed by atoms with Gasteiger partial charge in [0.25, 0.3) is 0 Å². The van der Waals surface area contributed by atoms with Gasteiger partial charge in [-0.15, -0.1) is 0 Å². The number of aldehydes is 1. The lowest BCUT2D eigenvalue weighted by Crippen LogP contribution is -2.67. The first kappa shape index (κ1) is 24.0. The molecule has 0 aromatic rings. The van der Waals surface area contributed by atoms with E-state index in [0.29, 0.717) is 17.4 Å². The molecule has 0 aliphatic heterocycles. The summed E-state index contributed by atoms with van der Waals surface area (Å²) in [5, 5.41) is 22.6. The predicted molar refractivity (Wildman–Crippen MR) is 129 cm³/mol. The van der Waals surface area contributed by atoms with Crippen LogP contribution in [0.4, 0.5) is 0 Å². The molecule has 0 heterocycles. The number of carbonyl (C=O) groups is 3. The monoisotopic (exact) mass is 468 g/mol. The molecule has 3 fully saturated rings. The average molecular weight is 469 g/mol. The summed E-state index contributed by atoms with van der Waals surface area (Å²) in [5.74, 6) is -0.833. The molecule has 0 amide bonds. The van der Waals surface area contributed by atoms with E-state index in [1.807, 2.05) is 6.08 Å². The first-order valence-electron chi connectivity index (χ1n) is 13.1. The van der Waals surface area contributed by atoms with E-state index < -0.39 is 28.2 Å². The Labute approximate surface area is 203 Å². The van der Waals surface area contributed by atoms with Crippen molar-refractivity contribution in [3.05, 3.63) is 23.3 Å². The van der Waals surface area contributed by atoms with Crippen LogP contribution in [0.15, 0.2) is 23.3 Å². The number of fused-ring (bicyclic) bond motifs is 7. The molecular weight excluding hydrogens is 428 g/mol. The minimum atomic E-state index is -1.91. The van der Waals surface area contributed by atoms with Crippen LogP contribution in [0.1, 0.15) is 92.4 Å². The number of aliphatic carboxylic acids is 1. The number of rotatable bonds is 2. The van der Waals surface area contributed by atoms with E-state index in [1.165, 1.54) is 12.8 Å². The molecule has 0 unspecified atom stereocenters. The average Bonchev–Trinajstić information content (AvgIpc) is 2.73. The second-order valence-corrected chi connectivity index (χ2v) is 13.7. The first-order chi connectivity index (χ1) is 15.7. The molecule has 5 aliphatic carbocycles. The number of ketones is 1. The zero-order chi connectivity index (χ0) is 24.9. The second kappa shape index (κ2) is 6.93. The Hall–Kier alpha value is -1.75. The van der Waals surface area contributed by atoms with Crippen LogP contribution in [0.5, 0.6) is 0 Å². The molecule has 0 bridgehead atoms. The molecule has 0 spiro atoms. The van der Waals surface area contributed by atoms with Gasteiger partial charge in [-0.3, -0.25) is 9.59 Å². The fraction of sp³-hybridized carbons (Fsp3) is 0.759. The number of carboxylic acid groups (broad SMARTS) is 1. The van der Waals surface area contributed by atoms with Crippen molar-refractivity contribution >= 4 is 18.0 Å². The maximum Gasteiger partial charge on any atom is 0.320 e. The third-order valence-electron chi connectivity index (χ3n) is 11.5. The zero-order valence-corrected chi connectivity index (χ0v) is 21.4. The van der Waals surface area contributed by atoms with Crippen molar-refractivity contribution in [3.8, 4) is 0 Å². The van der Waals surface area contributed by atoms with Crippen molar-refractivity contribution < 1.29 is 24.6 Å². The molecule has 7 atom stereocenters. The Kier molecular flexibility index (Phi) is 4.88. The van der Waals surface area contributed by atoms with Crippen LogP contribution in [0.25, 0.3) is 0 Å². The highest BCUT2D eigenvalue weighted by molar-refractivity contribution is 6.13. The van der Waals surface area contributed by atoms with Crippen molar-refractivity contribution in [2.24, 2.45) is 38.9 Å². The van der Waals surface area contributed by atoms with Crippen molar-refractivity contribution in [2.45, 2.75) is 98.0 Å². The van der Waals surface area contributed by atoms with Gasteiger partial charge in [-0.1, -0.05) is 47.1 Å². The van der Waals surface area contributed by atoms with Gasteiger partial charge in [0.2, 0.25) is 0 Å². The minimum Gasteiger partial charge on any atom is -0.480 e. The second-order valence-electron chi connectivity index (χ2n) is 13.7. The van der Waals surface area contributed by atoms with E-state index in [4.69, 9.17) is 0 Å². The van der Waals surface area contributed by atoms with E-state index in [0.717, 1.165) is 37.5 Å². The molecule has 34 heavy (non-hydrogen) atoms. The Morgan fingerprint density at radius 1 is 1.00 bits per heavy atom. The maximum absolute atomic E-state index is 13.7. The van der Waals surface area contributed by atoms with Gasteiger partial charge in [0.15, 0.2) is 11.2 Å². The molecule has 5 nitrogen and oxygen atoms in total. The highest BCUT2D eigenvalue weighted by Gasteiger charge is 2.71. The lowest BCUT2D eigenvalue weighted by Gasteiger charge is -2.66. The van der Waals surface area contributed by atoms with E-state index >= 15 is 0 Å². The number of carbonyl (C=O) groups excluding carboxylic acids is 2. The van der Waals surface area contributed by atoms with Gasteiger partial charge in [-0.25, -0.2) is 0 Å². The van der Waals surface area contributed by atoms with Crippen molar-refractivity contribution in [3.63, 3.8) is 0 Å². The number of hydrogen-bond donors (Lipinski definition) is 2. The Bertz CT molecular complexity index is 1040. The zero-order valence-electron chi connectivity index (χ0n) is 21.4. The highest BCUT2D eigenvalue weighted by Crippen LogP contribution is 2.71. The predicted octanol–water partition coefficient (Wildman–Crippen LogP) is 5.27. The minimum absolute atomic E-state index is 0.0256. The summed E-state index contributed by atoms with van der Waals surface area (Å²) < 4.78 is 0. The van der Waals surface area contributed by atoms with Crippen molar-refractivity contribution in [2.75, 3.05) is 0 Å². The van der Waals surface area contributed by atoms with Crippen LogP contribution in [0.2, 0.25) is 0 Å². The van der Waals surface area contributed by atoms with Crippen molar-refractivity contribution in [1.82, 2.24) is 0 Å². The van der Waals surface area contributed by atoms with Gasteiger partial charge in [0, 0.05) is 5.41 Å². The van der Waals surface area contributed by atoms with Gasteiger partial charge in [0.05, 0.1) is 0 Å². The van der Waals surface area contributed by atoms with Crippen LogP contribution in [0, 0.1) is 38.9 Å². The summed E-state index contributed by atoms with van der Waals surface area (Å²) in [6.07, 6.45) is 11.1. The molecule has 0 aromatic carbocycles. The van der Waals surface area contributed by atoms with Crippen LogP contribution < -0.4 is 0 Å². The van der Waals surface area contributed by atoms with E-state index in [1.54, 1.807) is 13.0 Å². The maximum atomic E-state index is 13.7. The van der Waals surface area contributed by atoms with Crippen LogP contribution >= 0.6 is 0 Å². The summed E-state index contributed by atoms with van der Waals surface area (Å²) in [7, 11) is 0. The molecule has 0 radical (unpaired) electrons. The number of carboxylic acids is 1. The van der Waals surface area contributed by atoms with E-state index in [2.05, 4.69) is 27.7 Å². The summed E-state index contributed by atoms with van der Waals surface area (Å²) in [6.45, 7) is 11.3. The molecule has 186 valence electrons. The molecule has 0 aromatic heterocycles. The molecule has 3 saturated carbocycles. The molecule has 0 saturated heterocycles. The number of allylic oxidation sites excluding steroid dienone is 2. The third-order valence-corrected chi connectivity index (χ3v) is 11.5. The smallest absolute Gasteiger partial charge is 0.320 e. The molecule has 5 aliphatic rings. The SMILES string of the molecule is CC1(C)CCC[C@]2(C)[C@H]3CC=C4C(=CC(=O)[C@@]5(C(=O)O)CC[C@](C)(C=O)C[C@@]45O)[C@]3(C)CC[C@@H]12. The highest BCUT2D eigenvalue weighted by atomic mass is 16.4. The summed E-state index contributed by atoms with van der Waals surface area (Å²) in [4.78, 5) is 38.3. The van der Waals surface area contributed by atoms with Gasteiger partial charge in [-0.2, -0.15) is 0 Å². The lowest BCUT2D eigenvalue weighted by molar-refractivity contribution is -0.184. The topological polar surface area (TPSA) is 91.7 Å². The fourth-order valence-corrected chi connectivity index (χ4v) is 9.69. The number of hydrogen-bond acceptors (Lipinski definition) is 4. The molecule has 5 rings (SSSR count). The molecule has 2 N–H and O–H groups in total. The van der Waals surface area contributed by atoms with Gasteiger partial charge in [-0.05, 0) is 96.7 Å². The number of aliphatic hydroxyl groups is 1. The standard InChI is InChI=1S/C29H40O5/c1-24(2)10-6-11-27(5)20(24)9-12-26(4)19-15-22(31)28(23(32)33)14-13-25(3,17-30)16-29(28,34)18(19)7-8-21(26)27/h7,15,17,20-21,34H,6,8-14,16H2,1-5H3,(H,32,33)/t20-,21-,25-,26-,27-,28+,29+/m0/s1. The molecule has 5 heteroatoms. The van der Waals surface area contributed by atoms with Crippen molar-refractivity contribution in [1.29, 1.82) is 0 Å². The fourth-order valence-electron chi connectivity index (χ4n) is 9.69. The van der Waals surface area contributed by atoms with Crippen LogP contribution in [-0.2, 0) is 14.4 Å². The summed E-state index contributed by atoms with van der Waals surface area (Å²) in [6, 6.07) is 0. The normalized spacial score (nSPS) is 49.4. The van der Waals surface area contributed by atoms with E-state index in [-0.39, 0.29) is 35.5 Å². The molecular formula is C29H40O5. The van der Waals surface area contributed by atoms with Gasteiger partial charge in [0.1, 0.15) is 11.9 Å². The third kappa shape index (κ3) is 2.68. The Balaban J connectivity index is 1.68. The quantitative estimate of drug-likeness (QED) is 0.426.